The summed E-state index contributed by atoms with van der Waals surface area (Å²) in [7, 11) is 0. The maximum absolute atomic E-state index is 11.3. The van der Waals surface area contributed by atoms with Crippen molar-refractivity contribution in [3.63, 3.8) is 0 Å². The number of hydrogen-bond acceptors (Lipinski definition) is 3. The topological polar surface area (TPSA) is 49.4 Å². The number of carbonyl (C=O) groups is 2. The Labute approximate surface area is 95.4 Å². The van der Waals surface area contributed by atoms with E-state index in [0.29, 0.717) is 13.1 Å². The summed E-state index contributed by atoms with van der Waals surface area (Å²) in [4.78, 5) is 24.6. The lowest BCUT2D eigenvalue weighted by Crippen LogP contribution is -2.52. The van der Waals surface area contributed by atoms with Crippen molar-refractivity contribution >= 4 is 11.8 Å². The maximum Gasteiger partial charge on any atom is 0.240 e. The number of imide groups is 1. The Morgan fingerprint density at radius 3 is 2.00 bits per heavy atom. The molecule has 0 radical (unpaired) electrons. The van der Waals surface area contributed by atoms with Gasteiger partial charge >= 0.3 is 0 Å². The third-order valence-corrected chi connectivity index (χ3v) is 3.94. The minimum Gasteiger partial charge on any atom is -0.294 e. The van der Waals surface area contributed by atoms with Crippen LogP contribution in [0.25, 0.3) is 0 Å². The minimum atomic E-state index is -0.137. The van der Waals surface area contributed by atoms with Crippen LogP contribution in [0.5, 0.6) is 0 Å². The summed E-state index contributed by atoms with van der Waals surface area (Å²) in [5, 5.41) is 2.35. The summed E-state index contributed by atoms with van der Waals surface area (Å²) in [5.41, 5.74) is 0. The molecule has 4 heteroatoms. The van der Waals surface area contributed by atoms with Gasteiger partial charge in [0.2, 0.25) is 11.8 Å². The van der Waals surface area contributed by atoms with E-state index in [4.69, 9.17) is 0 Å². The molecule has 0 spiro atoms. The van der Waals surface area contributed by atoms with E-state index in [0.717, 1.165) is 24.3 Å². The van der Waals surface area contributed by atoms with Crippen LogP contribution in [0.4, 0.5) is 0 Å². The number of piperazine rings is 1. The summed E-state index contributed by atoms with van der Waals surface area (Å²) in [5.74, 6) is 2.24. The molecule has 1 aliphatic heterocycles. The summed E-state index contributed by atoms with van der Waals surface area (Å²) >= 11 is 0. The van der Waals surface area contributed by atoms with Gasteiger partial charge < -0.3 is 0 Å². The highest BCUT2D eigenvalue weighted by molar-refractivity contribution is 5.99. The van der Waals surface area contributed by atoms with E-state index >= 15 is 0 Å². The van der Waals surface area contributed by atoms with Crippen molar-refractivity contribution in [2.75, 3.05) is 19.6 Å². The number of rotatable bonds is 4. The first-order valence-corrected chi connectivity index (χ1v) is 6.27. The van der Waals surface area contributed by atoms with Crippen LogP contribution in [-0.4, -0.2) is 36.3 Å². The second-order valence-electron chi connectivity index (χ2n) is 5.48. The molecule has 2 saturated carbocycles. The largest absolute Gasteiger partial charge is 0.294 e. The standard InChI is InChI=1S/C12H18N2O2/c15-11-6-14(7-12(16)13-11)5-10(8-1-2-8)9-3-4-9/h8-10H,1-7H2,(H,13,15,16). The van der Waals surface area contributed by atoms with Crippen LogP contribution >= 0.6 is 0 Å². The Morgan fingerprint density at radius 1 is 1.06 bits per heavy atom. The van der Waals surface area contributed by atoms with E-state index in [-0.39, 0.29) is 11.8 Å². The van der Waals surface area contributed by atoms with Crippen molar-refractivity contribution in [2.24, 2.45) is 17.8 Å². The fourth-order valence-corrected chi connectivity index (χ4v) is 2.86. The first-order chi connectivity index (χ1) is 7.72. The van der Waals surface area contributed by atoms with Crippen LogP contribution in [0.1, 0.15) is 25.7 Å². The molecular formula is C12H18N2O2. The van der Waals surface area contributed by atoms with Crippen LogP contribution in [0, 0.1) is 17.8 Å². The van der Waals surface area contributed by atoms with E-state index < -0.39 is 0 Å². The monoisotopic (exact) mass is 222 g/mol. The predicted octanol–water partition coefficient (Wildman–Crippen LogP) is 0.381. The molecule has 1 saturated heterocycles. The minimum absolute atomic E-state index is 0.137. The Balaban J connectivity index is 1.59. The smallest absolute Gasteiger partial charge is 0.240 e. The number of nitrogens with one attached hydrogen (secondary N) is 1. The van der Waals surface area contributed by atoms with Crippen molar-refractivity contribution in [2.45, 2.75) is 25.7 Å². The average molecular weight is 222 g/mol. The highest BCUT2D eigenvalue weighted by Crippen LogP contribution is 2.49. The molecule has 88 valence electrons. The molecular weight excluding hydrogens is 204 g/mol. The van der Waals surface area contributed by atoms with Gasteiger partial charge in [-0.1, -0.05) is 0 Å². The number of nitrogens with zero attached hydrogens (tertiary/aromatic N) is 1. The van der Waals surface area contributed by atoms with Crippen molar-refractivity contribution in [3.8, 4) is 0 Å². The number of amides is 2. The van der Waals surface area contributed by atoms with E-state index in [1.807, 2.05) is 4.90 Å². The zero-order chi connectivity index (χ0) is 11.1. The molecule has 4 nitrogen and oxygen atoms in total. The van der Waals surface area contributed by atoms with Gasteiger partial charge in [-0.2, -0.15) is 0 Å². The molecule has 3 rings (SSSR count). The van der Waals surface area contributed by atoms with Crippen molar-refractivity contribution in [1.82, 2.24) is 10.2 Å². The van der Waals surface area contributed by atoms with Crippen LogP contribution in [0.15, 0.2) is 0 Å². The molecule has 0 aromatic carbocycles. The van der Waals surface area contributed by atoms with Crippen molar-refractivity contribution in [1.29, 1.82) is 0 Å². The maximum atomic E-state index is 11.3. The molecule has 0 unspecified atom stereocenters. The van der Waals surface area contributed by atoms with Gasteiger partial charge in [0.05, 0.1) is 13.1 Å². The van der Waals surface area contributed by atoms with Gasteiger partial charge in [0.15, 0.2) is 0 Å². The van der Waals surface area contributed by atoms with Gasteiger partial charge in [-0.05, 0) is 43.4 Å². The molecule has 0 aromatic rings. The van der Waals surface area contributed by atoms with Gasteiger partial charge in [0, 0.05) is 6.54 Å². The second-order valence-corrected chi connectivity index (χ2v) is 5.48. The quantitative estimate of drug-likeness (QED) is 0.700. The molecule has 0 bridgehead atoms. The normalized spacial score (nSPS) is 27.3. The molecule has 1 N–H and O–H groups in total. The van der Waals surface area contributed by atoms with Crippen molar-refractivity contribution in [3.05, 3.63) is 0 Å². The lowest BCUT2D eigenvalue weighted by atomic mass is 9.97. The van der Waals surface area contributed by atoms with E-state index in [9.17, 15) is 9.59 Å². The van der Waals surface area contributed by atoms with Crippen molar-refractivity contribution < 1.29 is 9.59 Å². The lowest BCUT2D eigenvalue weighted by Gasteiger charge is -2.29. The van der Waals surface area contributed by atoms with Gasteiger partial charge in [-0.25, -0.2) is 0 Å². The fraction of sp³-hybridized carbons (Fsp3) is 0.833. The summed E-state index contributed by atoms with van der Waals surface area (Å²) in [6, 6.07) is 0. The summed E-state index contributed by atoms with van der Waals surface area (Å²) < 4.78 is 0. The number of hydrogen-bond donors (Lipinski definition) is 1. The van der Waals surface area contributed by atoms with Crippen LogP contribution in [0.2, 0.25) is 0 Å². The highest BCUT2D eigenvalue weighted by atomic mass is 16.2. The van der Waals surface area contributed by atoms with E-state index in [1.54, 1.807) is 0 Å². The van der Waals surface area contributed by atoms with Crippen LogP contribution in [-0.2, 0) is 9.59 Å². The Bertz CT molecular complexity index is 293. The van der Waals surface area contributed by atoms with Gasteiger partial charge in [0.1, 0.15) is 0 Å². The van der Waals surface area contributed by atoms with E-state index in [1.165, 1.54) is 25.7 Å². The molecule has 2 aliphatic carbocycles. The zero-order valence-electron chi connectivity index (χ0n) is 9.45. The Kier molecular flexibility index (Phi) is 2.46. The first kappa shape index (κ1) is 10.3. The van der Waals surface area contributed by atoms with Gasteiger partial charge in [0.25, 0.3) is 0 Å². The molecule has 0 atom stereocenters. The van der Waals surface area contributed by atoms with E-state index in [2.05, 4.69) is 5.32 Å². The summed E-state index contributed by atoms with van der Waals surface area (Å²) in [6.07, 6.45) is 5.43. The molecule has 0 aromatic heterocycles. The summed E-state index contributed by atoms with van der Waals surface area (Å²) in [6.45, 7) is 1.76. The number of carbonyl (C=O) groups excluding carboxylic acids is 2. The predicted molar refractivity (Wildman–Crippen MR) is 58.5 cm³/mol. The molecule has 2 amide bonds. The molecule has 1 heterocycles. The lowest BCUT2D eigenvalue weighted by molar-refractivity contribution is -0.136. The zero-order valence-corrected chi connectivity index (χ0v) is 9.45. The molecule has 16 heavy (non-hydrogen) atoms. The SMILES string of the molecule is O=C1CN(CC(C2CC2)C2CC2)CC(=O)N1. The van der Waals surface area contributed by atoms with Crippen LogP contribution < -0.4 is 5.32 Å². The van der Waals surface area contributed by atoms with Gasteiger partial charge in [-0.3, -0.25) is 19.8 Å². The van der Waals surface area contributed by atoms with Gasteiger partial charge in [-0.15, -0.1) is 0 Å². The Hall–Kier alpha value is -0.900. The Morgan fingerprint density at radius 2 is 1.56 bits per heavy atom. The average Bonchev–Trinajstić information content (AvgIpc) is 3.07. The second kappa shape index (κ2) is 3.84. The molecule has 3 aliphatic rings. The van der Waals surface area contributed by atoms with Crippen LogP contribution in [0.3, 0.4) is 0 Å². The third kappa shape index (κ3) is 2.26. The fourth-order valence-electron chi connectivity index (χ4n) is 2.86. The highest BCUT2D eigenvalue weighted by Gasteiger charge is 2.42. The molecule has 3 fully saturated rings. The third-order valence-electron chi connectivity index (χ3n) is 3.94. The first-order valence-electron chi connectivity index (χ1n) is 6.27.